The summed E-state index contributed by atoms with van der Waals surface area (Å²) in [6.45, 7) is 3.52. The number of aliphatic imine (C=N–C) groups is 1. The molecule has 27 heavy (non-hydrogen) atoms. The minimum atomic E-state index is 0.422. The second-order valence-corrected chi connectivity index (χ2v) is 6.22. The van der Waals surface area contributed by atoms with Gasteiger partial charge in [-0.05, 0) is 18.2 Å². The second-order valence-electron chi connectivity index (χ2n) is 6.22. The van der Waals surface area contributed by atoms with Crippen LogP contribution in [0.3, 0.4) is 0 Å². The SMILES string of the molecule is CN=C(Oc1ccccc1)c1cc(OC)c(OCCN2CCN2C)cc1N. The Morgan fingerprint density at radius 2 is 1.93 bits per heavy atom. The van der Waals surface area contributed by atoms with Crippen LogP contribution >= 0.6 is 0 Å². The summed E-state index contributed by atoms with van der Waals surface area (Å²) < 4.78 is 17.3. The quantitative estimate of drug-likeness (QED) is 0.458. The first-order chi connectivity index (χ1) is 13.1. The Kier molecular flexibility index (Phi) is 6.16. The van der Waals surface area contributed by atoms with E-state index in [4.69, 9.17) is 19.9 Å². The summed E-state index contributed by atoms with van der Waals surface area (Å²) in [4.78, 5) is 4.24. The number of para-hydroxylation sites is 1. The first-order valence-electron chi connectivity index (χ1n) is 8.88. The molecular formula is C20H26N4O3. The van der Waals surface area contributed by atoms with Gasteiger partial charge in [0, 0.05) is 45.5 Å². The van der Waals surface area contributed by atoms with Crippen LogP contribution in [-0.2, 0) is 0 Å². The minimum absolute atomic E-state index is 0.422. The number of nitrogens with two attached hydrogens (primary N) is 1. The van der Waals surface area contributed by atoms with Crippen LogP contribution in [0, 0.1) is 0 Å². The van der Waals surface area contributed by atoms with E-state index in [1.165, 1.54) is 0 Å². The molecular weight excluding hydrogens is 344 g/mol. The van der Waals surface area contributed by atoms with Gasteiger partial charge in [-0.1, -0.05) is 18.2 Å². The summed E-state index contributed by atoms with van der Waals surface area (Å²) in [5, 5.41) is 4.39. The first kappa shape index (κ1) is 19.0. The zero-order valence-electron chi connectivity index (χ0n) is 16.0. The van der Waals surface area contributed by atoms with E-state index in [9.17, 15) is 0 Å². The van der Waals surface area contributed by atoms with Gasteiger partial charge >= 0.3 is 0 Å². The third-order valence-corrected chi connectivity index (χ3v) is 4.50. The molecule has 0 radical (unpaired) electrons. The number of benzene rings is 2. The monoisotopic (exact) mass is 370 g/mol. The summed E-state index contributed by atoms with van der Waals surface area (Å²) in [6.07, 6.45) is 0. The fraction of sp³-hybridized carbons (Fsp3) is 0.350. The lowest BCUT2D eigenvalue weighted by molar-refractivity contribution is -0.0941. The average Bonchev–Trinajstić information content (AvgIpc) is 2.69. The molecule has 0 atom stereocenters. The Bertz CT molecular complexity index is 795. The van der Waals surface area contributed by atoms with Crippen LogP contribution in [0.15, 0.2) is 47.5 Å². The summed E-state index contributed by atoms with van der Waals surface area (Å²) in [6, 6.07) is 13.0. The van der Waals surface area contributed by atoms with Gasteiger partial charge in [0.2, 0.25) is 5.90 Å². The molecule has 2 N–H and O–H groups in total. The summed E-state index contributed by atoms with van der Waals surface area (Å²) in [5.41, 5.74) is 7.43. The maximum absolute atomic E-state index is 6.25. The van der Waals surface area contributed by atoms with Crippen LogP contribution in [0.25, 0.3) is 0 Å². The molecule has 0 saturated carbocycles. The molecule has 0 unspecified atom stereocenters. The Labute approximate surface area is 159 Å². The van der Waals surface area contributed by atoms with Gasteiger partial charge in [0.25, 0.3) is 0 Å². The van der Waals surface area contributed by atoms with Crippen molar-refractivity contribution in [1.82, 2.24) is 10.0 Å². The van der Waals surface area contributed by atoms with Gasteiger partial charge in [-0.15, -0.1) is 0 Å². The van der Waals surface area contributed by atoms with Gasteiger partial charge in [0.1, 0.15) is 12.4 Å². The zero-order valence-corrected chi connectivity index (χ0v) is 16.0. The molecule has 0 amide bonds. The molecule has 2 aromatic carbocycles. The Hall–Kier alpha value is -2.77. The second kappa shape index (κ2) is 8.75. The van der Waals surface area contributed by atoms with Crippen LogP contribution in [0.1, 0.15) is 5.56 Å². The van der Waals surface area contributed by atoms with Gasteiger partial charge in [-0.2, -0.15) is 0 Å². The molecule has 144 valence electrons. The van der Waals surface area contributed by atoms with Crippen molar-refractivity contribution >= 4 is 11.6 Å². The maximum atomic E-state index is 6.25. The normalized spacial score (nSPS) is 15.3. The van der Waals surface area contributed by atoms with Crippen molar-refractivity contribution in [3.63, 3.8) is 0 Å². The zero-order chi connectivity index (χ0) is 19.2. The van der Waals surface area contributed by atoms with Gasteiger partial charge in [0.15, 0.2) is 11.5 Å². The first-order valence-corrected chi connectivity index (χ1v) is 8.88. The lowest BCUT2D eigenvalue weighted by Gasteiger charge is -2.41. The van der Waals surface area contributed by atoms with Crippen molar-refractivity contribution in [2.24, 2.45) is 4.99 Å². The highest BCUT2D eigenvalue weighted by Gasteiger charge is 2.21. The van der Waals surface area contributed by atoms with E-state index in [1.807, 2.05) is 30.3 Å². The average molecular weight is 370 g/mol. The number of hydrazine groups is 1. The molecule has 7 heteroatoms. The summed E-state index contributed by atoms with van der Waals surface area (Å²) in [7, 11) is 5.33. The molecule has 0 bridgehead atoms. The highest BCUT2D eigenvalue weighted by molar-refractivity contribution is 6.01. The topological polar surface area (TPSA) is 72.5 Å². The fourth-order valence-electron chi connectivity index (χ4n) is 2.84. The van der Waals surface area contributed by atoms with Crippen molar-refractivity contribution in [3.8, 4) is 17.2 Å². The largest absolute Gasteiger partial charge is 0.493 e. The predicted octanol–water partition coefficient (Wildman–Crippen LogP) is 2.27. The fourth-order valence-corrected chi connectivity index (χ4v) is 2.84. The number of nitrogen functional groups attached to an aromatic ring is 1. The minimum Gasteiger partial charge on any atom is -0.493 e. The van der Waals surface area contributed by atoms with E-state index in [2.05, 4.69) is 22.1 Å². The van der Waals surface area contributed by atoms with Gasteiger partial charge < -0.3 is 19.9 Å². The van der Waals surface area contributed by atoms with Gasteiger partial charge in [-0.25, -0.2) is 10.0 Å². The van der Waals surface area contributed by atoms with E-state index < -0.39 is 0 Å². The Morgan fingerprint density at radius 3 is 2.52 bits per heavy atom. The van der Waals surface area contributed by atoms with Gasteiger partial charge in [-0.3, -0.25) is 4.99 Å². The Balaban J connectivity index is 1.74. The molecule has 1 saturated heterocycles. The number of hydrogen-bond donors (Lipinski definition) is 1. The molecule has 1 aliphatic rings. The van der Waals surface area contributed by atoms with E-state index in [0.717, 1.165) is 19.6 Å². The highest BCUT2D eigenvalue weighted by Crippen LogP contribution is 2.33. The third kappa shape index (κ3) is 4.50. The Morgan fingerprint density at radius 1 is 1.15 bits per heavy atom. The van der Waals surface area contributed by atoms with Crippen LogP contribution in [-0.4, -0.2) is 63.4 Å². The third-order valence-electron chi connectivity index (χ3n) is 4.50. The number of nitrogens with zero attached hydrogens (tertiary/aromatic N) is 3. The molecule has 3 rings (SSSR count). The lowest BCUT2D eigenvalue weighted by atomic mass is 10.1. The molecule has 1 aliphatic heterocycles. The number of methoxy groups -OCH3 is 1. The molecule has 1 heterocycles. The van der Waals surface area contributed by atoms with E-state index in [0.29, 0.717) is 41.0 Å². The standard InChI is InChI=1S/C20H26N4O3/c1-22-20(27-15-7-5-4-6-8-15)16-13-18(25-3)19(14-17(16)21)26-12-11-24-10-9-23(24)2/h4-8,13-14H,9-12,21H2,1-3H3. The van der Waals surface area contributed by atoms with E-state index in [-0.39, 0.29) is 0 Å². The lowest BCUT2D eigenvalue weighted by Crippen LogP contribution is -2.55. The van der Waals surface area contributed by atoms with Crippen molar-refractivity contribution in [2.45, 2.75) is 0 Å². The highest BCUT2D eigenvalue weighted by atomic mass is 16.5. The van der Waals surface area contributed by atoms with Crippen molar-refractivity contribution in [3.05, 3.63) is 48.0 Å². The number of anilines is 1. The van der Waals surface area contributed by atoms with Crippen molar-refractivity contribution < 1.29 is 14.2 Å². The smallest absolute Gasteiger partial charge is 0.223 e. The molecule has 0 aliphatic carbocycles. The molecule has 7 nitrogen and oxygen atoms in total. The van der Waals surface area contributed by atoms with Gasteiger partial charge in [0.05, 0.1) is 12.7 Å². The summed E-state index contributed by atoms with van der Waals surface area (Å²) >= 11 is 0. The molecule has 0 spiro atoms. The van der Waals surface area contributed by atoms with Crippen molar-refractivity contribution in [1.29, 1.82) is 0 Å². The molecule has 1 fully saturated rings. The summed E-state index contributed by atoms with van der Waals surface area (Å²) in [5.74, 6) is 2.31. The number of likely N-dealkylation sites (N-methyl/N-ethyl adjacent to an activating group) is 1. The number of hydrogen-bond acceptors (Lipinski definition) is 7. The maximum Gasteiger partial charge on any atom is 0.223 e. The van der Waals surface area contributed by atoms with Crippen LogP contribution < -0.4 is 19.9 Å². The van der Waals surface area contributed by atoms with E-state index >= 15 is 0 Å². The number of ether oxygens (including phenoxy) is 3. The molecule has 0 aromatic heterocycles. The van der Waals surface area contributed by atoms with E-state index in [1.54, 1.807) is 26.3 Å². The number of rotatable bonds is 7. The van der Waals surface area contributed by atoms with Crippen molar-refractivity contribution in [2.75, 3.05) is 53.2 Å². The van der Waals surface area contributed by atoms with Crippen LogP contribution in [0.5, 0.6) is 17.2 Å². The van der Waals surface area contributed by atoms with Crippen LogP contribution in [0.4, 0.5) is 5.69 Å². The molecule has 2 aromatic rings. The predicted molar refractivity (Wildman–Crippen MR) is 107 cm³/mol. The van der Waals surface area contributed by atoms with Crippen LogP contribution in [0.2, 0.25) is 0 Å².